The van der Waals surface area contributed by atoms with Crippen LogP contribution in [-0.4, -0.2) is 6.10 Å². The fourth-order valence-corrected chi connectivity index (χ4v) is 1.89. The average Bonchev–Trinajstić information content (AvgIpc) is 2.17. The van der Waals surface area contributed by atoms with Crippen molar-refractivity contribution in [1.82, 2.24) is 0 Å². The molecule has 0 aliphatic carbocycles. The van der Waals surface area contributed by atoms with Gasteiger partial charge in [0.2, 0.25) is 0 Å². The Balaban J connectivity index is 2.29. The van der Waals surface area contributed by atoms with Crippen LogP contribution in [0.4, 0.5) is 0 Å². The van der Waals surface area contributed by atoms with Crippen LogP contribution in [0.2, 0.25) is 0 Å². The van der Waals surface area contributed by atoms with E-state index in [0.717, 1.165) is 17.7 Å². The number of nitrogens with two attached hydrogens (primary N) is 1. The Bertz CT molecular complexity index is 322. The molecule has 2 heteroatoms. The second-order valence-electron chi connectivity index (χ2n) is 4.28. The molecule has 14 heavy (non-hydrogen) atoms. The molecule has 1 aromatic rings. The zero-order chi connectivity index (χ0) is 10.1. The van der Waals surface area contributed by atoms with Crippen molar-refractivity contribution in [3.8, 4) is 5.75 Å². The van der Waals surface area contributed by atoms with E-state index in [2.05, 4.69) is 19.9 Å². The van der Waals surface area contributed by atoms with Crippen LogP contribution in [0, 0.1) is 5.92 Å². The predicted molar refractivity (Wildman–Crippen MR) is 57.2 cm³/mol. The quantitative estimate of drug-likeness (QED) is 0.740. The van der Waals surface area contributed by atoms with Crippen molar-refractivity contribution < 1.29 is 4.74 Å². The minimum absolute atomic E-state index is 0.132. The molecule has 1 unspecified atom stereocenters. The van der Waals surface area contributed by atoms with Gasteiger partial charge in [-0.2, -0.15) is 0 Å². The van der Waals surface area contributed by atoms with Crippen molar-refractivity contribution in [2.45, 2.75) is 32.4 Å². The maximum Gasteiger partial charge on any atom is 0.124 e. The lowest BCUT2D eigenvalue weighted by Gasteiger charge is -2.32. The van der Waals surface area contributed by atoms with Crippen LogP contribution in [0.3, 0.4) is 0 Å². The molecule has 0 amide bonds. The van der Waals surface area contributed by atoms with Crippen LogP contribution in [0.1, 0.15) is 31.9 Å². The lowest BCUT2D eigenvalue weighted by Crippen LogP contribution is -2.33. The molecule has 2 N–H and O–H groups in total. The molecular formula is C12H17NO. The SMILES string of the molecule is CC(C)C1C[C@H](N)c2ccccc2O1. The number of fused-ring (bicyclic) bond motifs is 1. The number of benzene rings is 1. The Morgan fingerprint density at radius 2 is 2.07 bits per heavy atom. The van der Waals surface area contributed by atoms with E-state index in [1.165, 1.54) is 0 Å². The number of ether oxygens (including phenoxy) is 1. The van der Waals surface area contributed by atoms with E-state index >= 15 is 0 Å². The van der Waals surface area contributed by atoms with Crippen LogP contribution in [0.25, 0.3) is 0 Å². The maximum atomic E-state index is 6.09. The van der Waals surface area contributed by atoms with Crippen molar-refractivity contribution in [2.75, 3.05) is 0 Å². The molecule has 2 atom stereocenters. The molecule has 0 saturated carbocycles. The van der Waals surface area contributed by atoms with Gasteiger partial charge in [0.1, 0.15) is 11.9 Å². The van der Waals surface area contributed by atoms with Gasteiger partial charge < -0.3 is 10.5 Å². The van der Waals surface area contributed by atoms with Crippen molar-refractivity contribution in [3.63, 3.8) is 0 Å². The lowest BCUT2D eigenvalue weighted by atomic mass is 9.92. The molecule has 2 rings (SSSR count). The molecule has 1 aliphatic rings. The molecule has 76 valence electrons. The zero-order valence-electron chi connectivity index (χ0n) is 8.73. The van der Waals surface area contributed by atoms with Gasteiger partial charge in [-0.25, -0.2) is 0 Å². The van der Waals surface area contributed by atoms with E-state index in [0.29, 0.717) is 5.92 Å². The normalized spacial score (nSPS) is 25.7. The predicted octanol–water partition coefficient (Wildman–Crippen LogP) is 2.49. The van der Waals surface area contributed by atoms with Gasteiger partial charge in [0.25, 0.3) is 0 Å². The molecule has 1 aliphatic heterocycles. The highest BCUT2D eigenvalue weighted by Gasteiger charge is 2.27. The van der Waals surface area contributed by atoms with Crippen LogP contribution in [0.15, 0.2) is 24.3 Å². The smallest absolute Gasteiger partial charge is 0.124 e. The second kappa shape index (κ2) is 3.62. The van der Waals surface area contributed by atoms with Gasteiger partial charge in [-0.15, -0.1) is 0 Å². The third kappa shape index (κ3) is 1.62. The Morgan fingerprint density at radius 1 is 1.36 bits per heavy atom. The number of rotatable bonds is 1. The van der Waals surface area contributed by atoms with Crippen molar-refractivity contribution in [3.05, 3.63) is 29.8 Å². The summed E-state index contributed by atoms with van der Waals surface area (Å²) in [5, 5.41) is 0. The van der Waals surface area contributed by atoms with Crippen LogP contribution >= 0.6 is 0 Å². The van der Waals surface area contributed by atoms with Gasteiger partial charge in [-0.3, -0.25) is 0 Å². The average molecular weight is 191 g/mol. The van der Waals surface area contributed by atoms with E-state index < -0.39 is 0 Å². The summed E-state index contributed by atoms with van der Waals surface area (Å²) in [7, 11) is 0. The Morgan fingerprint density at radius 3 is 2.79 bits per heavy atom. The Labute approximate surface area is 85.1 Å². The van der Waals surface area contributed by atoms with Gasteiger partial charge >= 0.3 is 0 Å². The van der Waals surface area contributed by atoms with Gasteiger partial charge in [0.05, 0.1) is 0 Å². The maximum absolute atomic E-state index is 6.09. The van der Waals surface area contributed by atoms with E-state index in [9.17, 15) is 0 Å². The van der Waals surface area contributed by atoms with Crippen LogP contribution in [-0.2, 0) is 0 Å². The van der Waals surface area contributed by atoms with Crippen LogP contribution in [0.5, 0.6) is 5.75 Å². The number of hydrogen-bond donors (Lipinski definition) is 1. The zero-order valence-corrected chi connectivity index (χ0v) is 8.73. The van der Waals surface area contributed by atoms with Crippen molar-refractivity contribution in [1.29, 1.82) is 0 Å². The molecule has 2 nitrogen and oxygen atoms in total. The monoisotopic (exact) mass is 191 g/mol. The minimum atomic E-state index is 0.132. The fraction of sp³-hybridized carbons (Fsp3) is 0.500. The first-order valence-corrected chi connectivity index (χ1v) is 5.19. The summed E-state index contributed by atoms with van der Waals surface area (Å²) in [5.74, 6) is 1.49. The number of para-hydroxylation sites is 1. The number of hydrogen-bond acceptors (Lipinski definition) is 2. The van der Waals surface area contributed by atoms with Gasteiger partial charge in [0, 0.05) is 18.0 Å². The summed E-state index contributed by atoms with van der Waals surface area (Å²) in [6, 6.07) is 8.19. The summed E-state index contributed by atoms with van der Waals surface area (Å²) in [4.78, 5) is 0. The third-order valence-electron chi connectivity index (χ3n) is 2.83. The van der Waals surface area contributed by atoms with Gasteiger partial charge in [-0.05, 0) is 12.0 Å². The molecule has 0 fully saturated rings. The molecule has 0 radical (unpaired) electrons. The van der Waals surface area contributed by atoms with Crippen LogP contribution < -0.4 is 10.5 Å². The highest BCUT2D eigenvalue weighted by atomic mass is 16.5. The highest BCUT2D eigenvalue weighted by Crippen LogP contribution is 2.34. The summed E-state index contributed by atoms with van der Waals surface area (Å²) < 4.78 is 5.88. The van der Waals surface area contributed by atoms with E-state index in [4.69, 9.17) is 10.5 Å². The molecule has 0 saturated heterocycles. The largest absolute Gasteiger partial charge is 0.490 e. The summed E-state index contributed by atoms with van der Waals surface area (Å²) in [5.41, 5.74) is 7.24. The minimum Gasteiger partial charge on any atom is -0.490 e. The van der Waals surface area contributed by atoms with E-state index in [-0.39, 0.29) is 12.1 Å². The molecule has 0 spiro atoms. The van der Waals surface area contributed by atoms with Crippen molar-refractivity contribution >= 4 is 0 Å². The molecule has 1 aromatic carbocycles. The van der Waals surface area contributed by atoms with Gasteiger partial charge in [-0.1, -0.05) is 32.0 Å². The molecule has 1 heterocycles. The van der Waals surface area contributed by atoms with E-state index in [1.54, 1.807) is 0 Å². The lowest BCUT2D eigenvalue weighted by molar-refractivity contribution is 0.115. The standard InChI is InChI=1S/C12H17NO/c1-8(2)12-7-10(13)9-5-3-4-6-11(9)14-12/h3-6,8,10,12H,7,13H2,1-2H3/t10-,12?/m0/s1. The van der Waals surface area contributed by atoms with Crippen molar-refractivity contribution in [2.24, 2.45) is 11.7 Å². The first-order valence-electron chi connectivity index (χ1n) is 5.19. The summed E-state index contributed by atoms with van der Waals surface area (Å²) in [6.45, 7) is 4.34. The Kier molecular flexibility index (Phi) is 2.46. The molecule has 0 bridgehead atoms. The molecule has 0 aromatic heterocycles. The fourth-order valence-electron chi connectivity index (χ4n) is 1.89. The molecular weight excluding hydrogens is 174 g/mol. The second-order valence-corrected chi connectivity index (χ2v) is 4.28. The third-order valence-corrected chi connectivity index (χ3v) is 2.83. The highest BCUT2D eigenvalue weighted by molar-refractivity contribution is 5.37. The summed E-state index contributed by atoms with van der Waals surface area (Å²) in [6.07, 6.45) is 1.19. The van der Waals surface area contributed by atoms with E-state index in [1.807, 2.05) is 18.2 Å². The topological polar surface area (TPSA) is 35.2 Å². The van der Waals surface area contributed by atoms with Gasteiger partial charge in [0.15, 0.2) is 0 Å². The first-order chi connectivity index (χ1) is 6.68. The Hall–Kier alpha value is -1.02. The first kappa shape index (κ1) is 9.53. The summed E-state index contributed by atoms with van der Waals surface area (Å²) >= 11 is 0.